The molecule has 3 N–H and O–H groups in total. The summed E-state index contributed by atoms with van der Waals surface area (Å²) >= 11 is 0. The molecule has 2 saturated heterocycles. The largest absolute Gasteiger partial charge is 0.393 e. The van der Waals surface area contributed by atoms with Crippen LogP contribution >= 0.6 is 0 Å². The van der Waals surface area contributed by atoms with Crippen LogP contribution in [0.4, 0.5) is 0 Å². The van der Waals surface area contributed by atoms with E-state index in [0.29, 0.717) is 55.6 Å². The maximum absolute atomic E-state index is 12.8. The molecule has 0 radical (unpaired) electrons. The lowest BCUT2D eigenvalue weighted by atomic mass is 9.56. The van der Waals surface area contributed by atoms with E-state index in [0.717, 1.165) is 76.8 Å². The van der Waals surface area contributed by atoms with Crippen molar-refractivity contribution < 1.29 is 19.4 Å². The Morgan fingerprint density at radius 2 is 1.76 bits per heavy atom. The molecule has 7 rings (SSSR count). The molecule has 1 aromatic rings. The van der Waals surface area contributed by atoms with Gasteiger partial charge in [-0.2, -0.15) is 0 Å². The molecule has 4 fully saturated rings. The van der Waals surface area contributed by atoms with E-state index < -0.39 is 0 Å². The molecule has 0 aromatic heterocycles. The number of unbranched alkanes of at least 4 members (excludes halogenated alkanes) is 2. The number of hydrogen-bond acceptors (Lipinski definition) is 5. The average Bonchev–Trinajstić information content (AvgIpc) is 3.64. The number of likely N-dealkylation sites (tertiary alicyclic amines) is 1. The lowest BCUT2D eigenvalue weighted by Crippen LogP contribution is -2.54. The van der Waals surface area contributed by atoms with Crippen LogP contribution in [0.15, 0.2) is 53.1 Å². The van der Waals surface area contributed by atoms with Crippen LogP contribution in [0.1, 0.15) is 117 Å². The molecule has 4 aliphatic carbocycles. The smallest absolute Gasteiger partial charge is 0.220 e. The molecule has 2 aliphatic heterocycles. The Hall–Kier alpha value is -2.48. The van der Waals surface area contributed by atoms with Gasteiger partial charge in [-0.25, -0.2) is 0 Å². The minimum atomic E-state index is -0.165. The van der Waals surface area contributed by atoms with Crippen molar-refractivity contribution in [1.82, 2.24) is 15.5 Å². The molecule has 2 amide bonds. The third-order valence-corrected chi connectivity index (χ3v) is 14.7. The Labute approximate surface area is 307 Å². The highest BCUT2D eigenvalue weighted by atomic mass is 16.5. The van der Waals surface area contributed by atoms with Gasteiger partial charge in [-0.1, -0.05) is 74.7 Å². The summed E-state index contributed by atoms with van der Waals surface area (Å²) in [4.78, 5) is 27.6. The highest BCUT2D eigenvalue weighted by molar-refractivity contribution is 5.76. The van der Waals surface area contributed by atoms with Crippen LogP contribution in [0.2, 0.25) is 0 Å². The first-order valence-electron chi connectivity index (χ1n) is 20.7. The summed E-state index contributed by atoms with van der Waals surface area (Å²) < 4.78 is 7.33. The fraction of sp³-hybridized carbons (Fsp3) is 0.727. The van der Waals surface area contributed by atoms with Crippen molar-refractivity contribution in [2.24, 2.45) is 35.0 Å². The molecule has 1 aromatic carbocycles. The number of allylic oxidation sites excluding steroid dienone is 2. The van der Waals surface area contributed by atoms with Crippen molar-refractivity contribution in [3.63, 3.8) is 0 Å². The van der Waals surface area contributed by atoms with Crippen LogP contribution in [-0.4, -0.2) is 71.9 Å². The molecular formula is C44H65N3O4. The molecule has 0 bridgehead atoms. The van der Waals surface area contributed by atoms with Crippen molar-refractivity contribution in [3.05, 3.63) is 58.7 Å². The first kappa shape index (κ1) is 36.9. The fourth-order valence-electron chi connectivity index (χ4n) is 12.0. The Balaban J connectivity index is 0.879. The fourth-order valence-corrected chi connectivity index (χ4v) is 12.0. The Bertz CT molecular complexity index is 1470. The number of aliphatic hydroxyl groups excluding tert-OH is 1. The van der Waals surface area contributed by atoms with Gasteiger partial charge in [0.25, 0.3) is 0 Å². The second-order valence-corrected chi connectivity index (χ2v) is 17.7. The molecule has 2 heterocycles. The number of fused-ring (bicyclic) bond motifs is 6. The summed E-state index contributed by atoms with van der Waals surface area (Å²) in [6.45, 7) is 13.1. The van der Waals surface area contributed by atoms with E-state index in [9.17, 15) is 14.7 Å². The standard InChI is InChI=1S/C44H65N3O4/c1-29-25-39-42(47(28-29)24-23-46-40(49)13-9-6-10-22-45-41(50)17-14-32-11-7-5-8-12-32)31(3)44(51-39)21-19-35-36-16-15-33-26-34(48)18-20-43(33,4)38(36)27-37(35)30(44)2/h5,7-8,11-12,15,29,31,34-36,38-39,42,48H,6,9-10,13-14,16-28H2,1-4H3,(H,45,50)(H,46,49)/t29-,31+,34-,35?,36?,38?,39+,42-,43-,44?/m0/s1. The van der Waals surface area contributed by atoms with Crippen LogP contribution in [0.25, 0.3) is 0 Å². The molecule has 51 heavy (non-hydrogen) atoms. The summed E-state index contributed by atoms with van der Waals surface area (Å²) in [5.74, 6) is 3.37. The lowest BCUT2D eigenvalue weighted by molar-refractivity contribution is -0.122. The van der Waals surface area contributed by atoms with Crippen LogP contribution in [0.3, 0.4) is 0 Å². The number of piperidine rings is 1. The number of rotatable bonds is 12. The first-order valence-corrected chi connectivity index (χ1v) is 20.7. The predicted molar refractivity (Wildman–Crippen MR) is 203 cm³/mol. The predicted octanol–water partition coefficient (Wildman–Crippen LogP) is 7.14. The maximum atomic E-state index is 12.8. The second-order valence-electron chi connectivity index (χ2n) is 17.7. The Morgan fingerprint density at radius 3 is 2.59 bits per heavy atom. The van der Waals surface area contributed by atoms with Crippen molar-refractivity contribution in [2.45, 2.75) is 141 Å². The monoisotopic (exact) mass is 699 g/mol. The molecule has 7 heteroatoms. The van der Waals surface area contributed by atoms with Gasteiger partial charge in [0.1, 0.15) is 0 Å². The van der Waals surface area contributed by atoms with Gasteiger partial charge in [-0.3, -0.25) is 14.5 Å². The van der Waals surface area contributed by atoms with E-state index in [1.807, 2.05) is 18.2 Å². The van der Waals surface area contributed by atoms with E-state index >= 15 is 0 Å². The van der Waals surface area contributed by atoms with Gasteiger partial charge in [0, 0.05) is 51.0 Å². The maximum Gasteiger partial charge on any atom is 0.220 e. The van der Waals surface area contributed by atoms with Gasteiger partial charge in [0.15, 0.2) is 0 Å². The second kappa shape index (κ2) is 15.5. The first-order chi connectivity index (χ1) is 24.6. The summed E-state index contributed by atoms with van der Waals surface area (Å²) in [6, 6.07) is 10.5. The minimum absolute atomic E-state index is 0.0986. The van der Waals surface area contributed by atoms with E-state index in [4.69, 9.17) is 4.74 Å². The number of hydrogen-bond donors (Lipinski definition) is 3. The average molecular weight is 700 g/mol. The van der Waals surface area contributed by atoms with E-state index in [1.165, 1.54) is 30.4 Å². The summed E-state index contributed by atoms with van der Waals surface area (Å²) in [5, 5.41) is 16.7. The number of aliphatic hydroxyl groups is 1. The third-order valence-electron chi connectivity index (χ3n) is 14.7. The zero-order valence-electron chi connectivity index (χ0n) is 31.9. The zero-order chi connectivity index (χ0) is 35.8. The topological polar surface area (TPSA) is 90.9 Å². The number of carbonyl (C=O) groups excluding carboxylic acids is 2. The molecule has 6 aliphatic rings. The molecule has 10 atom stereocenters. The van der Waals surface area contributed by atoms with Crippen molar-refractivity contribution in [1.29, 1.82) is 0 Å². The summed E-state index contributed by atoms with van der Waals surface area (Å²) in [5.41, 5.74) is 6.09. The summed E-state index contributed by atoms with van der Waals surface area (Å²) in [6.07, 6.45) is 16.0. The number of ether oxygens (including phenoxy) is 1. The van der Waals surface area contributed by atoms with Gasteiger partial charge in [-0.05, 0) is 118 Å². The van der Waals surface area contributed by atoms with E-state index in [1.54, 1.807) is 11.1 Å². The normalized spacial score (nSPS) is 37.3. The molecule has 1 spiro atoms. The zero-order valence-corrected chi connectivity index (χ0v) is 31.9. The van der Waals surface area contributed by atoms with Crippen LogP contribution in [-0.2, 0) is 20.7 Å². The van der Waals surface area contributed by atoms with Crippen molar-refractivity contribution >= 4 is 11.8 Å². The van der Waals surface area contributed by atoms with E-state index in [2.05, 4.69) is 61.4 Å². The van der Waals surface area contributed by atoms with Crippen LogP contribution in [0.5, 0.6) is 0 Å². The summed E-state index contributed by atoms with van der Waals surface area (Å²) in [7, 11) is 0. The minimum Gasteiger partial charge on any atom is -0.393 e. The quantitative estimate of drug-likeness (QED) is 0.160. The van der Waals surface area contributed by atoms with Gasteiger partial charge >= 0.3 is 0 Å². The molecule has 280 valence electrons. The number of nitrogens with zero attached hydrogens (tertiary/aromatic N) is 1. The van der Waals surface area contributed by atoms with Gasteiger partial charge in [0.05, 0.1) is 17.8 Å². The van der Waals surface area contributed by atoms with Crippen molar-refractivity contribution in [2.75, 3.05) is 26.2 Å². The van der Waals surface area contributed by atoms with E-state index in [-0.39, 0.29) is 35.0 Å². The highest BCUT2D eigenvalue weighted by Gasteiger charge is 2.61. The number of carbonyl (C=O) groups is 2. The Morgan fingerprint density at radius 1 is 0.980 bits per heavy atom. The SMILES string of the molecule is CC1=C2CC3C(CC=C4C[C@@H](O)CC[C@@]43C)C2CCC12O[C@@H]1C[C@H](C)CN(CCNC(=O)CCCCCNC(=O)CCc3ccccc3)[C@H]1[C@H]2C. The van der Waals surface area contributed by atoms with Crippen LogP contribution in [0, 0.1) is 35.0 Å². The number of benzene rings is 1. The highest BCUT2D eigenvalue weighted by Crippen LogP contribution is 2.65. The number of nitrogens with one attached hydrogen (secondary N) is 2. The number of aryl methyl sites for hydroxylation is 1. The molecule has 7 nitrogen and oxygen atoms in total. The van der Waals surface area contributed by atoms with Crippen LogP contribution < -0.4 is 10.6 Å². The van der Waals surface area contributed by atoms with Gasteiger partial charge in [0.2, 0.25) is 11.8 Å². The molecular weight excluding hydrogens is 635 g/mol. The molecule has 2 saturated carbocycles. The number of amides is 2. The van der Waals surface area contributed by atoms with Gasteiger partial charge < -0.3 is 20.5 Å². The third kappa shape index (κ3) is 7.38. The lowest BCUT2D eigenvalue weighted by Gasteiger charge is -2.49. The van der Waals surface area contributed by atoms with Gasteiger partial charge in [-0.15, -0.1) is 0 Å². The molecule has 4 unspecified atom stereocenters. The Kier molecular flexibility index (Phi) is 11.2. The van der Waals surface area contributed by atoms with Crippen molar-refractivity contribution in [3.8, 4) is 0 Å².